The molecule has 2 unspecified atom stereocenters. The lowest BCUT2D eigenvalue weighted by molar-refractivity contribution is -0.152. The van der Waals surface area contributed by atoms with Crippen molar-refractivity contribution < 1.29 is 18.7 Å². The van der Waals surface area contributed by atoms with Gasteiger partial charge in [0.25, 0.3) is 0 Å². The molecule has 1 aromatic carbocycles. The van der Waals surface area contributed by atoms with Crippen molar-refractivity contribution in [1.82, 2.24) is 0 Å². The van der Waals surface area contributed by atoms with Crippen LogP contribution in [0.3, 0.4) is 0 Å². The number of carbonyl (C=O) groups excluding carboxylic acids is 2. The van der Waals surface area contributed by atoms with Crippen LogP contribution in [0.5, 0.6) is 0 Å². The molecule has 0 radical (unpaired) electrons. The molecular formula is C12H13FO3. The largest absolute Gasteiger partial charge is 0.454 e. The number of hydrogen-bond donors (Lipinski definition) is 0. The van der Waals surface area contributed by atoms with Crippen molar-refractivity contribution in [2.45, 2.75) is 26.1 Å². The molecule has 0 heterocycles. The number of ether oxygens (including phenoxy) is 1. The molecule has 86 valence electrons. The first-order chi connectivity index (χ1) is 7.52. The highest BCUT2D eigenvalue weighted by molar-refractivity contribution is 5.81. The lowest BCUT2D eigenvalue weighted by Gasteiger charge is -2.19. The maximum Gasteiger partial charge on any atom is 0.303 e. The Bertz CT molecular complexity index is 375. The monoisotopic (exact) mass is 224 g/mol. The number of ketones is 1. The van der Waals surface area contributed by atoms with Gasteiger partial charge in [-0.25, -0.2) is 4.39 Å². The van der Waals surface area contributed by atoms with E-state index >= 15 is 0 Å². The number of esters is 1. The van der Waals surface area contributed by atoms with E-state index in [1.165, 1.54) is 6.92 Å². The number of Topliss-reactive ketones (excluding diaryl/α,β-unsaturated/α-hetero) is 1. The molecule has 0 bridgehead atoms. The molecule has 1 aromatic rings. The Morgan fingerprint density at radius 3 is 2.19 bits per heavy atom. The van der Waals surface area contributed by atoms with Crippen LogP contribution in [0.4, 0.5) is 4.39 Å². The zero-order chi connectivity index (χ0) is 12.1. The highest BCUT2D eigenvalue weighted by Gasteiger charge is 2.29. The average Bonchev–Trinajstić information content (AvgIpc) is 2.26. The summed E-state index contributed by atoms with van der Waals surface area (Å²) in [6, 6.07) is 8.37. The Morgan fingerprint density at radius 1 is 1.19 bits per heavy atom. The highest BCUT2D eigenvalue weighted by Crippen LogP contribution is 2.24. The van der Waals surface area contributed by atoms with Gasteiger partial charge in [0, 0.05) is 6.92 Å². The summed E-state index contributed by atoms with van der Waals surface area (Å²) in [6.45, 7) is 2.31. The Balaban J connectivity index is 2.96. The van der Waals surface area contributed by atoms with E-state index in [9.17, 15) is 14.0 Å². The number of carbonyl (C=O) groups is 2. The zero-order valence-corrected chi connectivity index (χ0v) is 9.14. The van der Waals surface area contributed by atoms with E-state index in [1.807, 2.05) is 0 Å². The predicted octanol–water partition coefficient (Wildman–Crippen LogP) is 2.22. The van der Waals surface area contributed by atoms with Crippen LogP contribution in [-0.2, 0) is 14.3 Å². The second-order valence-corrected chi connectivity index (χ2v) is 3.45. The average molecular weight is 224 g/mol. The van der Waals surface area contributed by atoms with Gasteiger partial charge >= 0.3 is 5.97 Å². The molecule has 0 fully saturated rings. The van der Waals surface area contributed by atoms with Crippen LogP contribution >= 0.6 is 0 Å². The second kappa shape index (κ2) is 5.39. The molecule has 2 atom stereocenters. The van der Waals surface area contributed by atoms with E-state index in [0.717, 1.165) is 6.92 Å². The van der Waals surface area contributed by atoms with Crippen molar-refractivity contribution in [3.05, 3.63) is 35.9 Å². The number of hydrogen-bond acceptors (Lipinski definition) is 3. The van der Waals surface area contributed by atoms with Crippen LogP contribution in [0, 0.1) is 0 Å². The minimum Gasteiger partial charge on any atom is -0.454 e. The smallest absolute Gasteiger partial charge is 0.303 e. The predicted molar refractivity (Wildman–Crippen MR) is 56.5 cm³/mol. The lowest BCUT2D eigenvalue weighted by Crippen LogP contribution is -2.25. The quantitative estimate of drug-likeness (QED) is 0.736. The van der Waals surface area contributed by atoms with Crippen molar-refractivity contribution in [3.63, 3.8) is 0 Å². The molecule has 0 saturated heterocycles. The van der Waals surface area contributed by atoms with E-state index < -0.39 is 24.0 Å². The SMILES string of the molecule is CC(=O)OC(c1ccccc1)C(F)C(C)=O. The second-order valence-electron chi connectivity index (χ2n) is 3.45. The highest BCUT2D eigenvalue weighted by atomic mass is 19.1. The minimum atomic E-state index is -1.83. The molecule has 3 nitrogen and oxygen atoms in total. The van der Waals surface area contributed by atoms with E-state index in [0.29, 0.717) is 5.56 Å². The Morgan fingerprint density at radius 2 is 1.75 bits per heavy atom. The van der Waals surface area contributed by atoms with Gasteiger partial charge in [-0.3, -0.25) is 9.59 Å². The summed E-state index contributed by atoms with van der Waals surface area (Å²) in [7, 11) is 0. The van der Waals surface area contributed by atoms with Gasteiger partial charge in [0.15, 0.2) is 18.1 Å². The number of alkyl halides is 1. The summed E-state index contributed by atoms with van der Waals surface area (Å²) in [4.78, 5) is 21.8. The van der Waals surface area contributed by atoms with Gasteiger partial charge in [-0.05, 0) is 12.5 Å². The first-order valence-corrected chi connectivity index (χ1v) is 4.89. The zero-order valence-electron chi connectivity index (χ0n) is 9.14. The van der Waals surface area contributed by atoms with Crippen LogP contribution in [0.25, 0.3) is 0 Å². The van der Waals surface area contributed by atoms with Gasteiger partial charge in [-0.1, -0.05) is 30.3 Å². The van der Waals surface area contributed by atoms with E-state index in [4.69, 9.17) is 4.74 Å². The summed E-state index contributed by atoms with van der Waals surface area (Å²) in [5.74, 6) is -1.27. The van der Waals surface area contributed by atoms with E-state index in [1.54, 1.807) is 30.3 Å². The van der Waals surface area contributed by atoms with Crippen LogP contribution in [-0.4, -0.2) is 17.9 Å². The summed E-state index contributed by atoms with van der Waals surface area (Å²) in [6.07, 6.45) is -2.98. The van der Waals surface area contributed by atoms with Gasteiger partial charge in [-0.2, -0.15) is 0 Å². The molecule has 0 aliphatic heterocycles. The van der Waals surface area contributed by atoms with Crippen molar-refractivity contribution in [2.75, 3.05) is 0 Å². The number of benzene rings is 1. The van der Waals surface area contributed by atoms with Gasteiger partial charge in [0.1, 0.15) is 0 Å². The molecule has 0 amide bonds. The van der Waals surface area contributed by atoms with E-state index in [-0.39, 0.29) is 0 Å². The van der Waals surface area contributed by atoms with E-state index in [2.05, 4.69) is 0 Å². The first kappa shape index (κ1) is 12.4. The maximum absolute atomic E-state index is 13.6. The Hall–Kier alpha value is -1.71. The summed E-state index contributed by atoms with van der Waals surface area (Å²) < 4.78 is 18.4. The lowest BCUT2D eigenvalue weighted by atomic mass is 10.0. The molecule has 0 aliphatic carbocycles. The summed E-state index contributed by atoms with van der Waals surface area (Å²) >= 11 is 0. The first-order valence-electron chi connectivity index (χ1n) is 4.89. The van der Waals surface area contributed by atoms with Crippen molar-refractivity contribution >= 4 is 11.8 Å². The van der Waals surface area contributed by atoms with Gasteiger partial charge in [-0.15, -0.1) is 0 Å². The van der Waals surface area contributed by atoms with Crippen molar-refractivity contribution in [2.24, 2.45) is 0 Å². The number of rotatable bonds is 4. The molecule has 1 rings (SSSR count). The Labute approximate surface area is 93.2 Å². The molecule has 0 N–H and O–H groups in total. The molecule has 0 aromatic heterocycles. The molecular weight excluding hydrogens is 211 g/mol. The summed E-state index contributed by atoms with van der Waals surface area (Å²) in [5.41, 5.74) is 0.473. The van der Waals surface area contributed by atoms with Crippen LogP contribution in [0.2, 0.25) is 0 Å². The molecule has 0 aliphatic rings. The molecule has 16 heavy (non-hydrogen) atoms. The molecule has 0 spiro atoms. The minimum absolute atomic E-state index is 0.473. The Kier molecular flexibility index (Phi) is 4.17. The fourth-order valence-electron chi connectivity index (χ4n) is 1.33. The standard InChI is InChI=1S/C12H13FO3/c1-8(14)11(13)12(16-9(2)15)10-6-4-3-5-7-10/h3-7,11-12H,1-2H3. The maximum atomic E-state index is 13.6. The topological polar surface area (TPSA) is 43.4 Å². The van der Waals surface area contributed by atoms with Crippen molar-refractivity contribution in [3.8, 4) is 0 Å². The third-order valence-corrected chi connectivity index (χ3v) is 2.08. The van der Waals surface area contributed by atoms with Crippen LogP contribution in [0.15, 0.2) is 30.3 Å². The van der Waals surface area contributed by atoms with Gasteiger partial charge in [0.05, 0.1) is 0 Å². The number of halogens is 1. The fraction of sp³-hybridized carbons (Fsp3) is 0.333. The van der Waals surface area contributed by atoms with Gasteiger partial charge in [0.2, 0.25) is 0 Å². The molecule has 4 heteroatoms. The van der Waals surface area contributed by atoms with Crippen LogP contribution < -0.4 is 0 Å². The molecule has 0 saturated carbocycles. The third kappa shape index (κ3) is 3.15. The van der Waals surface area contributed by atoms with Crippen LogP contribution in [0.1, 0.15) is 25.5 Å². The van der Waals surface area contributed by atoms with Gasteiger partial charge < -0.3 is 4.74 Å². The third-order valence-electron chi connectivity index (χ3n) is 2.08. The summed E-state index contributed by atoms with van der Waals surface area (Å²) in [5, 5.41) is 0. The fourth-order valence-corrected chi connectivity index (χ4v) is 1.33. The normalized spacial score (nSPS) is 13.9. The van der Waals surface area contributed by atoms with Crippen molar-refractivity contribution in [1.29, 1.82) is 0 Å².